The molecule has 0 bridgehead atoms. The number of ether oxygens (including phenoxy) is 1. The Morgan fingerprint density at radius 3 is 2.86 bits per heavy atom. The van der Waals surface area contributed by atoms with Crippen LogP contribution in [0.3, 0.4) is 0 Å². The van der Waals surface area contributed by atoms with E-state index in [-0.39, 0.29) is 22.5 Å². The summed E-state index contributed by atoms with van der Waals surface area (Å²) in [5.41, 5.74) is 0.323. The fraction of sp³-hybridized carbons (Fsp3) is 0.231. The highest BCUT2D eigenvalue weighted by Crippen LogP contribution is 2.23. The molecule has 1 aromatic carbocycles. The molecule has 1 amide bonds. The van der Waals surface area contributed by atoms with Gasteiger partial charge in [-0.25, -0.2) is 0 Å². The Morgan fingerprint density at radius 2 is 2.14 bits per heavy atom. The van der Waals surface area contributed by atoms with Crippen molar-refractivity contribution >= 4 is 23.4 Å². The average Bonchev–Trinajstić information content (AvgIpc) is 2.52. The van der Waals surface area contributed by atoms with Crippen LogP contribution in [0.1, 0.15) is 5.69 Å². The van der Waals surface area contributed by atoms with Gasteiger partial charge in [-0.3, -0.25) is 9.59 Å². The molecule has 0 radical (unpaired) electrons. The lowest BCUT2D eigenvalue weighted by Crippen LogP contribution is -2.32. The van der Waals surface area contributed by atoms with E-state index in [0.717, 1.165) is 16.4 Å². The minimum atomic E-state index is -0.442. The van der Waals surface area contributed by atoms with E-state index in [0.29, 0.717) is 11.4 Å². The van der Waals surface area contributed by atoms with Gasteiger partial charge in [0.2, 0.25) is 11.1 Å². The molecule has 0 aliphatic heterocycles. The summed E-state index contributed by atoms with van der Waals surface area (Å²) in [5.74, 6) is 5.92. The standard InChI is InChI=1S/C13H15N5O3S/c1-8-12(20)18(14)13(17-16-8)22-7-11(19)15-9-5-3-4-6-10(9)21-2/h3-6H,7,14H2,1-2H3,(H,15,19). The van der Waals surface area contributed by atoms with Crippen LogP contribution in [0, 0.1) is 6.92 Å². The first-order valence-corrected chi connectivity index (χ1v) is 7.28. The summed E-state index contributed by atoms with van der Waals surface area (Å²) >= 11 is 1.02. The number of carbonyl (C=O) groups excluding carboxylic acids is 1. The first-order chi connectivity index (χ1) is 10.5. The van der Waals surface area contributed by atoms with Gasteiger partial charge < -0.3 is 15.9 Å². The molecule has 0 aliphatic carbocycles. The molecule has 8 nitrogen and oxygen atoms in total. The third-order valence-corrected chi connectivity index (χ3v) is 3.68. The predicted octanol–water partition coefficient (Wildman–Crippen LogP) is 0.400. The molecule has 0 aliphatic rings. The lowest BCUT2D eigenvalue weighted by Gasteiger charge is -2.10. The molecule has 2 aromatic rings. The number of rotatable bonds is 5. The highest BCUT2D eigenvalue weighted by molar-refractivity contribution is 7.99. The number of aromatic nitrogens is 3. The van der Waals surface area contributed by atoms with Crippen LogP contribution >= 0.6 is 11.8 Å². The van der Waals surface area contributed by atoms with Crippen molar-refractivity contribution < 1.29 is 9.53 Å². The summed E-state index contributed by atoms with van der Waals surface area (Å²) in [6.07, 6.45) is 0. The number of para-hydroxylation sites is 2. The van der Waals surface area contributed by atoms with Gasteiger partial charge in [0.1, 0.15) is 11.4 Å². The van der Waals surface area contributed by atoms with Gasteiger partial charge >= 0.3 is 0 Å². The number of nitrogens with two attached hydrogens (primary N) is 1. The van der Waals surface area contributed by atoms with Gasteiger partial charge in [-0.1, -0.05) is 23.9 Å². The second-order valence-electron chi connectivity index (χ2n) is 4.28. The molecule has 1 heterocycles. The molecule has 0 saturated carbocycles. The number of benzene rings is 1. The Kier molecular flexibility index (Phi) is 4.99. The van der Waals surface area contributed by atoms with Gasteiger partial charge in [-0.15, -0.1) is 10.2 Å². The maximum atomic E-state index is 12.0. The van der Waals surface area contributed by atoms with E-state index in [9.17, 15) is 9.59 Å². The van der Waals surface area contributed by atoms with Crippen LogP contribution in [0.4, 0.5) is 5.69 Å². The van der Waals surface area contributed by atoms with Crippen molar-refractivity contribution in [2.24, 2.45) is 0 Å². The van der Waals surface area contributed by atoms with E-state index in [1.165, 1.54) is 14.0 Å². The topological polar surface area (TPSA) is 112 Å². The zero-order valence-electron chi connectivity index (χ0n) is 12.1. The van der Waals surface area contributed by atoms with Gasteiger partial charge in [-0.05, 0) is 19.1 Å². The van der Waals surface area contributed by atoms with E-state index in [4.69, 9.17) is 10.6 Å². The van der Waals surface area contributed by atoms with E-state index in [2.05, 4.69) is 15.5 Å². The Labute approximate surface area is 130 Å². The van der Waals surface area contributed by atoms with Crippen LogP contribution < -0.4 is 21.5 Å². The second kappa shape index (κ2) is 6.94. The van der Waals surface area contributed by atoms with Crippen LogP contribution in [0.2, 0.25) is 0 Å². The fourth-order valence-corrected chi connectivity index (χ4v) is 2.29. The molecule has 3 N–H and O–H groups in total. The Morgan fingerprint density at radius 1 is 1.41 bits per heavy atom. The first-order valence-electron chi connectivity index (χ1n) is 6.30. The number of hydrogen-bond acceptors (Lipinski definition) is 7. The molecule has 0 fully saturated rings. The maximum Gasteiger partial charge on any atom is 0.294 e. The third kappa shape index (κ3) is 3.55. The monoisotopic (exact) mass is 321 g/mol. The second-order valence-corrected chi connectivity index (χ2v) is 5.22. The minimum absolute atomic E-state index is 0.0342. The van der Waals surface area contributed by atoms with Crippen LogP contribution in [0.25, 0.3) is 0 Å². The number of hydrogen-bond donors (Lipinski definition) is 2. The van der Waals surface area contributed by atoms with Gasteiger partial charge in [0, 0.05) is 0 Å². The van der Waals surface area contributed by atoms with Crippen molar-refractivity contribution in [3.63, 3.8) is 0 Å². The van der Waals surface area contributed by atoms with E-state index in [1.807, 2.05) is 0 Å². The quantitative estimate of drug-likeness (QED) is 0.605. The Balaban J connectivity index is 2.02. The lowest BCUT2D eigenvalue weighted by molar-refractivity contribution is -0.113. The number of nitrogens with zero attached hydrogens (tertiary/aromatic N) is 3. The Hall–Kier alpha value is -2.55. The molecule has 0 saturated heterocycles. The van der Waals surface area contributed by atoms with Crippen molar-refractivity contribution in [1.82, 2.24) is 14.9 Å². The zero-order valence-corrected chi connectivity index (χ0v) is 12.9. The third-order valence-electron chi connectivity index (χ3n) is 2.73. The summed E-state index contributed by atoms with van der Waals surface area (Å²) in [6.45, 7) is 1.52. The normalized spacial score (nSPS) is 10.3. The fourth-order valence-electron chi connectivity index (χ4n) is 1.63. The first kappa shape index (κ1) is 15.8. The number of nitrogens with one attached hydrogen (secondary N) is 1. The van der Waals surface area contributed by atoms with Gasteiger partial charge in [0.25, 0.3) is 5.56 Å². The molecule has 0 unspecified atom stereocenters. The highest BCUT2D eigenvalue weighted by Gasteiger charge is 2.11. The van der Waals surface area contributed by atoms with Crippen molar-refractivity contribution in [3.8, 4) is 5.75 Å². The van der Waals surface area contributed by atoms with Gasteiger partial charge in [-0.2, -0.15) is 4.68 Å². The SMILES string of the molecule is COc1ccccc1NC(=O)CSc1nnc(C)c(=O)n1N. The van der Waals surface area contributed by atoms with Crippen LogP contribution in [0.5, 0.6) is 5.75 Å². The largest absolute Gasteiger partial charge is 0.495 e. The molecule has 9 heteroatoms. The minimum Gasteiger partial charge on any atom is -0.495 e. The van der Waals surface area contributed by atoms with E-state index < -0.39 is 5.56 Å². The number of thioether (sulfide) groups is 1. The molecular formula is C13H15N5O3S. The van der Waals surface area contributed by atoms with Gasteiger partial charge in [0.15, 0.2) is 0 Å². The summed E-state index contributed by atoms with van der Waals surface area (Å²) < 4.78 is 6.03. The van der Waals surface area contributed by atoms with Gasteiger partial charge in [0.05, 0.1) is 18.6 Å². The molecule has 2 rings (SSSR count). The Bertz CT molecular complexity index is 747. The molecule has 0 atom stereocenters. The number of methoxy groups -OCH3 is 1. The summed E-state index contributed by atoms with van der Waals surface area (Å²) in [4.78, 5) is 23.6. The lowest BCUT2D eigenvalue weighted by atomic mass is 10.3. The number of amides is 1. The number of aryl methyl sites for hydroxylation is 1. The molecular weight excluding hydrogens is 306 g/mol. The summed E-state index contributed by atoms with van der Waals surface area (Å²) in [6, 6.07) is 7.06. The number of anilines is 1. The van der Waals surface area contributed by atoms with Crippen molar-refractivity contribution in [2.45, 2.75) is 12.1 Å². The average molecular weight is 321 g/mol. The van der Waals surface area contributed by atoms with E-state index in [1.54, 1.807) is 24.3 Å². The predicted molar refractivity (Wildman–Crippen MR) is 83.5 cm³/mol. The summed E-state index contributed by atoms with van der Waals surface area (Å²) in [5, 5.41) is 10.4. The van der Waals surface area contributed by atoms with Crippen LogP contribution in [-0.4, -0.2) is 33.6 Å². The van der Waals surface area contributed by atoms with Crippen molar-refractivity contribution in [1.29, 1.82) is 0 Å². The van der Waals surface area contributed by atoms with Crippen molar-refractivity contribution in [3.05, 3.63) is 40.3 Å². The van der Waals surface area contributed by atoms with Crippen LogP contribution in [-0.2, 0) is 4.79 Å². The zero-order chi connectivity index (χ0) is 16.1. The summed E-state index contributed by atoms with van der Waals surface area (Å²) in [7, 11) is 1.52. The van der Waals surface area contributed by atoms with Crippen LogP contribution in [0.15, 0.2) is 34.2 Å². The molecule has 1 aromatic heterocycles. The van der Waals surface area contributed by atoms with Crippen molar-refractivity contribution in [2.75, 3.05) is 24.0 Å². The van der Waals surface area contributed by atoms with E-state index >= 15 is 0 Å². The maximum absolute atomic E-state index is 12.0. The molecule has 0 spiro atoms. The number of nitrogen functional groups attached to an aromatic ring is 1. The smallest absolute Gasteiger partial charge is 0.294 e. The highest BCUT2D eigenvalue weighted by atomic mass is 32.2. The number of carbonyl (C=O) groups is 1. The molecule has 22 heavy (non-hydrogen) atoms. The molecule has 116 valence electrons.